The normalized spacial score (nSPS) is 40.2. The Labute approximate surface area is 102 Å². The molecule has 0 aromatic rings. The van der Waals surface area contributed by atoms with Gasteiger partial charge in [0.2, 0.25) is 0 Å². The summed E-state index contributed by atoms with van der Waals surface area (Å²) in [6, 6.07) is 2.28. The second-order valence-electron chi connectivity index (χ2n) is 6.10. The smallest absolute Gasteiger partial charge is 0.157 e. The second-order valence-corrected chi connectivity index (χ2v) is 6.10. The Morgan fingerprint density at radius 2 is 2.12 bits per heavy atom. The van der Waals surface area contributed by atoms with E-state index in [4.69, 9.17) is 0 Å². The highest BCUT2D eigenvalue weighted by Crippen LogP contribution is 2.56. The molecule has 0 aromatic carbocycles. The van der Waals surface area contributed by atoms with E-state index in [1.807, 2.05) is 13.8 Å². The minimum atomic E-state index is -0.424. The zero-order valence-corrected chi connectivity index (χ0v) is 10.7. The minimum Gasteiger partial charge on any atom is -0.392 e. The molecular weight excluding hydrogens is 214 g/mol. The van der Waals surface area contributed by atoms with Crippen LogP contribution in [0.5, 0.6) is 0 Å². The summed E-state index contributed by atoms with van der Waals surface area (Å²) < 4.78 is 0. The van der Waals surface area contributed by atoms with Gasteiger partial charge in [0.15, 0.2) is 5.78 Å². The largest absolute Gasteiger partial charge is 0.392 e. The van der Waals surface area contributed by atoms with E-state index in [0.29, 0.717) is 12.8 Å². The number of carbonyl (C=O) groups excluding carboxylic acids is 1. The lowest BCUT2D eigenvalue weighted by Crippen LogP contribution is -2.49. The SMILES string of the molecule is CC1(C)C2=CC(=O)C[C@@H](C#N)[C@@]2(C)CC[C@H]1O. The molecule has 1 N–H and O–H groups in total. The number of aliphatic hydroxyl groups excluding tert-OH is 1. The lowest BCUT2D eigenvalue weighted by molar-refractivity contribution is -0.117. The maximum Gasteiger partial charge on any atom is 0.157 e. The first kappa shape index (κ1) is 12.3. The summed E-state index contributed by atoms with van der Waals surface area (Å²) in [5.41, 5.74) is 0.315. The standard InChI is InChI=1S/C14H19NO2/c1-13(2)11-7-10(16)6-9(8-15)14(11,3)5-4-12(13)17/h7,9,12,17H,4-6H2,1-3H3/t9-,12+,14+/m0/s1. The van der Waals surface area contributed by atoms with Crippen LogP contribution in [0.1, 0.15) is 40.0 Å². The van der Waals surface area contributed by atoms with Gasteiger partial charge in [0.25, 0.3) is 0 Å². The Morgan fingerprint density at radius 3 is 2.71 bits per heavy atom. The van der Waals surface area contributed by atoms with Gasteiger partial charge < -0.3 is 5.11 Å². The summed E-state index contributed by atoms with van der Waals surface area (Å²) >= 11 is 0. The Hall–Kier alpha value is -1.14. The number of nitrogens with zero attached hydrogens (tertiary/aromatic N) is 1. The Kier molecular flexibility index (Phi) is 2.67. The van der Waals surface area contributed by atoms with Gasteiger partial charge in [0, 0.05) is 17.3 Å². The third kappa shape index (κ3) is 1.63. The minimum absolute atomic E-state index is 0.0196. The fourth-order valence-electron chi connectivity index (χ4n) is 3.39. The molecule has 0 heterocycles. The van der Waals surface area contributed by atoms with Crippen LogP contribution in [0.3, 0.4) is 0 Å². The van der Waals surface area contributed by atoms with Gasteiger partial charge in [-0.05, 0) is 18.9 Å². The van der Waals surface area contributed by atoms with Crippen LogP contribution < -0.4 is 0 Å². The molecular formula is C14H19NO2. The van der Waals surface area contributed by atoms with Gasteiger partial charge in [-0.3, -0.25) is 4.79 Å². The quantitative estimate of drug-likeness (QED) is 0.697. The fraction of sp³-hybridized carbons (Fsp3) is 0.714. The molecule has 17 heavy (non-hydrogen) atoms. The van der Waals surface area contributed by atoms with Crippen molar-refractivity contribution in [2.75, 3.05) is 0 Å². The van der Waals surface area contributed by atoms with Crippen molar-refractivity contribution in [3.63, 3.8) is 0 Å². The van der Waals surface area contributed by atoms with E-state index in [0.717, 1.165) is 12.0 Å². The lowest BCUT2D eigenvalue weighted by atomic mass is 9.52. The highest BCUT2D eigenvalue weighted by molar-refractivity contribution is 5.92. The van der Waals surface area contributed by atoms with Crippen LogP contribution in [0.4, 0.5) is 0 Å². The molecule has 0 bridgehead atoms. The summed E-state index contributed by atoms with van der Waals surface area (Å²) in [7, 11) is 0. The highest BCUT2D eigenvalue weighted by atomic mass is 16.3. The first-order valence-corrected chi connectivity index (χ1v) is 6.15. The van der Waals surface area contributed by atoms with E-state index in [-0.39, 0.29) is 17.1 Å². The van der Waals surface area contributed by atoms with Crippen molar-refractivity contribution in [2.24, 2.45) is 16.7 Å². The molecule has 3 nitrogen and oxygen atoms in total. The molecule has 0 aliphatic heterocycles. The van der Waals surface area contributed by atoms with Gasteiger partial charge in [-0.2, -0.15) is 5.26 Å². The van der Waals surface area contributed by atoms with Gasteiger partial charge in [0.1, 0.15) is 0 Å². The number of rotatable bonds is 0. The van der Waals surface area contributed by atoms with Gasteiger partial charge in [-0.25, -0.2) is 0 Å². The predicted octanol–water partition coefficient (Wildman–Crippen LogP) is 2.21. The Balaban J connectivity index is 2.54. The van der Waals surface area contributed by atoms with E-state index in [2.05, 4.69) is 13.0 Å². The molecule has 0 spiro atoms. The fourth-order valence-corrected chi connectivity index (χ4v) is 3.39. The van der Waals surface area contributed by atoms with Crippen molar-refractivity contribution in [1.29, 1.82) is 5.26 Å². The van der Waals surface area contributed by atoms with Crippen molar-refractivity contribution in [2.45, 2.75) is 46.1 Å². The molecule has 0 saturated heterocycles. The molecule has 92 valence electrons. The molecule has 0 aromatic heterocycles. The van der Waals surface area contributed by atoms with Gasteiger partial charge in [-0.15, -0.1) is 0 Å². The van der Waals surface area contributed by atoms with E-state index in [1.54, 1.807) is 6.08 Å². The first-order chi connectivity index (χ1) is 7.82. The number of aliphatic hydroxyl groups is 1. The van der Waals surface area contributed by atoms with Crippen molar-refractivity contribution < 1.29 is 9.90 Å². The molecule has 2 rings (SSSR count). The van der Waals surface area contributed by atoms with Crippen LogP contribution in [-0.2, 0) is 4.79 Å². The van der Waals surface area contributed by atoms with Crippen molar-refractivity contribution in [3.8, 4) is 6.07 Å². The summed E-state index contributed by atoms with van der Waals surface area (Å²) in [6.45, 7) is 5.99. The molecule has 3 atom stereocenters. The predicted molar refractivity (Wildman–Crippen MR) is 63.9 cm³/mol. The summed E-state index contributed by atoms with van der Waals surface area (Å²) in [5, 5.41) is 19.4. The number of ketones is 1. The zero-order valence-electron chi connectivity index (χ0n) is 10.7. The molecule has 0 radical (unpaired) electrons. The van der Waals surface area contributed by atoms with Crippen LogP contribution in [0.15, 0.2) is 11.6 Å². The first-order valence-electron chi connectivity index (χ1n) is 6.15. The molecule has 3 heteroatoms. The van der Waals surface area contributed by atoms with Gasteiger partial charge in [0.05, 0.1) is 18.1 Å². The van der Waals surface area contributed by atoms with Crippen LogP contribution in [-0.4, -0.2) is 17.0 Å². The molecule has 1 fully saturated rings. The number of allylic oxidation sites excluding steroid dienone is 1. The van der Waals surface area contributed by atoms with E-state index < -0.39 is 11.5 Å². The monoisotopic (exact) mass is 233 g/mol. The topological polar surface area (TPSA) is 61.1 Å². The van der Waals surface area contributed by atoms with Crippen LogP contribution in [0, 0.1) is 28.1 Å². The molecule has 0 amide bonds. The maximum absolute atomic E-state index is 11.7. The average Bonchev–Trinajstić information content (AvgIpc) is 2.26. The molecule has 2 aliphatic rings. The number of hydrogen-bond acceptors (Lipinski definition) is 3. The number of carbonyl (C=O) groups is 1. The van der Waals surface area contributed by atoms with Crippen LogP contribution in [0.25, 0.3) is 0 Å². The van der Waals surface area contributed by atoms with Crippen LogP contribution in [0.2, 0.25) is 0 Å². The molecule has 0 unspecified atom stereocenters. The van der Waals surface area contributed by atoms with Crippen LogP contribution >= 0.6 is 0 Å². The van der Waals surface area contributed by atoms with Crippen molar-refractivity contribution >= 4 is 5.78 Å². The van der Waals surface area contributed by atoms with Gasteiger partial charge in [-0.1, -0.05) is 26.3 Å². The number of nitriles is 1. The van der Waals surface area contributed by atoms with Gasteiger partial charge >= 0.3 is 0 Å². The van der Waals surface area contributed by atoms with E-state index in [9.17, 15) is 15.2 Å². The summed E-state index contributed by atoms with van der Waals surface area (Å²) in [4.78, 5) is 11.7. The van der Waals surface area contributed by atoms with Crippen molar-refractivity contribution in [1.82, 2.24) is 0 Å². The molecule has 2 aliphatic carbocycles. The summed E-state index contributed by atoms with van der Waals surface area (Å²) in [5.74, 6) is -0.229. The second kappa shape index (κ2) is 3.68. The Bertz CT molecular complexity index is 430. The summed E-state index contributed by atoms with van der Waals surface area (Å²) in [6.07, 6.45) is 3.06. The van der Waals surface area contributed by atoms with Crippen molar-refractivity contribution in [3.05, 3.63) is 11.6 Å². The Morgan fingerprint density at radius 1 is 1.47 bits per heavy atom. The third-order valence-electron chi connectivity index (χ3n) is 4.72. The maximum atomic E-state index is 11.7. The third-order valence-corrected chi connectivity index (χ3v) is 4.72. The van der Waals surface area contributed by atoms with E-state index >= 15 is 0 Å². The van der Waals surface area contributed by atoms with E-state index in [1.165, 1.54) is 0 Å². The molecule has 1 saturated carbocycles. The average molecular weight is 233 g/mol. The highest BCUT2D eigenvalue weighted by Gasteiger charge is 2.52. The zero-order chi connectivity index (χ0) is 12.8. The lowest BCUT2D eigenvalue weighted by Gasteiger charge is -2.52. The number of fused-ring (bicyclic) bond motifs is 1. The number of hydrogen-bond donors (Lipinski definition) is 1.